The largest absolute Gasteiger partial charge is 0.0795 e. The molecule has 0 unspecified atom stereocenters. The maximum absolute atomic E-state index is 3.70. The predicted octanol–water partition coefficient (Wildman–Crippen LogP) is 5.53. The number of rotatable bonds is 6. The first kappa shape index (κ1) is 12.9. The first-order chi connectivity index (χ1) is 8.31. The molecule has 1 aromatic rings. The van der Waals surface area contributed by atoms with E-state index >= 15 is 0 Å². The molecule has 1 aliphatic rings. The van der Waals surface area contributed by atoms with E-state index in [4.69, 9.17) is 0 Å². The lowest BCUT2D eigenvalue weighted by molar-refractivity contribution is 0.631. The molecule has 0 spiro atoms. The van der Waals surface area contributed by atoms with Crippen molar-refractivity contribution in [3.63, 3.8) is 0 Å². The van der Waals surface area contributed by atoms with E-state index in [0.29, 0.717) is 0 Å². The molecule has 17 heavy (non-hydrogen) atoms. The third-order valence-electron chi connectivity index (χ3n) is 3.49. The van der Waals surface area contributed by atoms with E-state index in [0.717, 1.165) is 6.42 Å². The van der Waals surface area contributed by atoms with Gasteiger partial charge in [-0.2, -0.15) is 0 Å². The summed E-state index contributed by atoms with van der Waals surface area (Å²) in [6.45, 7) is 2.27. The number of halogens is 1. The third kappa shape index (κ3) is 3.45. The van der Waals surface area contributed by atoms with Crippen molar-refractivity contribution >= 4 is 22.0 Å². The molecule has 0 nitrogen and oxygen atoms in total. The van der Waals surface area contributed by atoms with Crippen molar-refractivity contribution in [3.05, 3.63) is 39.4 Å². The number of hydrogen-bond donors (Lipinski definition) is 0. The van der Waals surface area contributed by atoms with Crippen molar-refractivity contribution in [2.24, 2.45) is 0 Å². The van der Waals surface area contributed by atoms with Gasteiger partial charge < -0.3 is 0 Å². The van der Waals surface area contributed by atoms with Crippen molar-refractivity contribution in [1.29, 1.82) is 0 Å². The second kappa shape index (κ2) is 6.39. The first-order valence-corrected chi connectivity index (χ1v) is 7.58. The van der Waals surface area contributed by atoms with Crippen LogP contribution < -0.4 is 0 Å². The summed E-state index contributed by atoms with van der Waals surface area (Å²) in [6.07, 6.45) is 13.6. The maximum atomic E-state index is 3.70. The van der Waals surface area contributed by atoms with Crippen LogP contribution in [-0.4, -0.2) is 0 Å². The molecule has 0 N–H and O–H groups in total. The molecule has 1 aliphatic carbocycles. The van der Waals surface area contributed by atoms with Crippen LogP contribution in [0.2, 0.25) is 0 Å². The van der Waals surface area contributed by atoms with Gasteiger partial charge in [0.2, 0.25) is 0 Å². The molecule has 0 heterocycles. The smallest absolute Gasteiger partial charge is 0.0210 e. The molecule has 2 rings (SSSR count). The molecule has 92 valence electrons. The topological polar surface area (TPSA) is 0 Å². The highest BCUT2D eigenvalue weighted by molar-refractivity contribution is 9.10. The van der Waals surface area contributed by atoms with Gasteiger partial charge in [-0.3, -0.25) is 0 Å². The third-order valence-corrected chi connectivity index (χ3v) is 4.23. The van der Waals surface area contributed by atoms with Crippen LogP contribution in [0.15, 0.2) is 22.7 Å². The Balaban J connectivity index is 1.90. The van der Waals surface area contributed by atoms with Gasteiger partial charge in [0, 0.05) is 4.47 Å². The predicted molar refractivity (Wildman–Crippen MR) is 79.3 cm³/mol. The van der Waals surface area contributed by atoms with Crippen molar-refractivity contribution < 1.29 is 0 Å². The van der Waals surface area contributed by atoms with Gasteiger partial charge in [-0.25, -0.2) is 0 Å². The molecular formula is C16H21Br. The van der Waals surface area contributed by atoms with E-state index in [-0.39, 0.29) is 0 Å². The molecule has 0 amide bonds. The summed E-state index contributed by atoms with van der Waals surface area (Å²) in [7, 11) is 0. The van der Waals surface area contributed by atoms with Crippen LogP contribution in [0.25, 0.3) is 6.08 Å². The molecule has 0 fully saturated rings. The molecule has 1 heteroatoms. The average molecular weight is 293 g/mol. The van der Waals surface area contributed by atoms with Crippen LogP contribution in [0.5, 0.6) is 0 Å². The normalized spacial score (nSPS) is 13.1. The van der Waals surface area contributed by atoms with E-state index in [9.17, 15) is 0 Å². The van der Waals surface area contributed by atoms with Gasteiger partial charge in [-0.1, -0.05) is 66.8 Å². The Morgan fingerprint density at radius 2 is 1.94 bits per heavy atom. The standard InChI is InChI=1S/C16H21Br/c1-2-3-4-5-6-8-15-11-13-9-7-10-14(13)12-16(15)17/h7,9,11-12H,2-6,8,10H2,1H3. The lowest BCUT2D eigenvalue weighted by Crippen LogP contribution is -1.91. The number of unbranched alkanes of at least 4 members (excludes halogenated alkanes) is 4. The quantitative estimate of drug-likeness (QED) is 0.605. The van der Waals surface area contributed by atoms with Gasteiger partial charge in [-0.15, -0.1) is 0 Å². The number of fused-ring (bicyclic) bond motifs is 1. The van der Waals surface area contributed by atoms with Crippen LogP contribution >= 0.6 is 15.9 Å². The second-order valence-corrected chi connectivity index (χ2v) is 5.77. The van der Waals surface area contributed by atoms with Crippen LogP contribution in [-0.2, 0) is 12.8 Å². The molecule has 0 aliphatic heterocycles. The fourth-order valence-corrected chi connectivity index (χ4v) is 3.02. The van der Waals surface area contributed by atoms with E-state index in [1.807, 2.05) is 0 Å². The summed E-state index contributed by atoms with van der Waals surface area (Å²) >= 11 is 3.70. The molecular weight excluding hydrogens is 272 g/mol. The fourth-order valence-electron chi connectivity index (χ4n) is 2.43. The van der Waals surface area contributed by atoms with Gasteiger partial charge in [0.05, 0.1) is 0 Å². The van der Waals surface area contributed by atoms with Crippen LogP contribution in [0.1, 0.15) is 55.7 Å². The van der Waals surface area contributed by atoms with Crippen LogP contribution in [0.3, 0.4) is 0 Å². The van der Waals surface area contributed by atoms with Gasteiger partial charge in [0.15, 0.2) is 0 Å². The van der Waals surface area contributed by atoms with E-state index in [1.54, 1.807) is 0 Å². The molecule has 0 bridgehead atoms. The summed E-state index contributed by atoms with van der Waals surface area (Å²) in [6, 6.07) is 4.67. The highest BCUT2D eigenvalue weighted by Crippen LogP contribution is 2.28. The number of allylic oxidation sites excluding steroid dienone is 1. The van der Waals surface area contributed by atoms with Gasteiger partial charge in [0.25, 0.3) is 0 Å². The zero-order valence-corrected chi connectivity index (χ0v) is 12.2. The Hall–Kier alpha value is -0.560. The molecule has 0 saturated carbocycles. The van der Waals surface area contributed by atoms with E-state index < -0.39 is 0 Å². The maximum Gasteiger partial charge on any atom is 0.0210 e. The highest BCUT2D eigenvalue weighted by atomic mass is 79.9. The SMILES string of the molecule is CCCCCCCc1cc2c(cc1Br)CC=C2. The molecule has 0 saturated heterocycles. The lowest BCUT2D eigenvalue weighted by atomic mass is 10.0. The minimum absolute atomic E-state index is 1.10. The summed E-state index contributed by atoms with van der Waals surface area (Å²) in [5, 5.41) is 0. The lowest BCUT2D eigenvalue weighted by Gasteiger charge is -2.08. The fraction of sp³-hybridized carbons (Fsp3) is 0.500. The Labute approximate surface area is 113 Å². The first-order valence-electron chi connectivity index (χ1n) is 6.79. The van der Waals surface area contributed by atoms with E-state index in [1.165, 1.54) is 59.7 Å². The zero-order chi connectivity index (χ0) is 12.1. The highest BCUT2D eigenvalue weighted by Gasteiger charge is 2.09. The Kier molecular flexibility index (Phi) is 4.85. The Morgan fingerprint density at radius 3 is 2.76 bits per heavy atom. The van der Waals surface area contributed by atoms with Crippen molar-refractivity contribution in [1.82, 2.24) is 0 Å². The summed E-state index contributed by atoms with van der Waals surface area (Å²) in [5.41, 5.74) is 4.37. The molecule has 0 atom stereocenters. The summed E-state index contributed by atoms with van der Waals surface area (Å²) in [5.74, 6) is 0. The second-order valence-electron chi connectivity index (χ2n) is 4.91. The number of aryl methyl sites for hydroxylation is 1. The van der Waals surface area contributed by atoms with Crippen molar-refractivity contribution in [3.8, 4) is 0 Å². The van der Waals surface area contributed by atoms with Crippen LogP contribution in [0, 0.1) is 0 Å². The Morgan fingerprint density at radius 1 is 1.12 bits per heavy atom. The number of benzene rings is 1. The minimum Gasteiger partial charge on any atom is -0.0795 e. The summed E-state index contributed by atoms with van der Waals surface area (Å²) < 4.78 is 1.30. The van der Waals surface area contributed by atoms with Gasteiger partial charge in [-0.05, 0) is 42.0 Å². The van der Waals surface area contributed by atoms with E-state index in [2.05, 4.69) is 47.1 Å². The van der Waals surface area contributed by atoms with Crippen molar-refractivity contribution in [2.75, 3.05) is 0 Å². The van der Waals surface area contributed by atoms with Gasteiger partial charge >= 0.3 is 0 Å². The van der Waals surface area contributed by atoms with Gasteiger partial charge in [0.1, 0.15) is 0 Å². The molecule has 1 aromatic carbocycles. The average Bonchev–Trinajstić information content (AvgIpc) is 2.76. The molecule has 0 radical (unpaired) electrons. The molecule has 0 aromatic heterocycles. The number of hydrogen-bond acceptors (Lipinski definition) is 0. The van der Waals surface area contributed by atoms with Crippen molar-refractivity contribution in [2.45, 2.75) is 51.9 Å². The summed E-state index contributed by atoms with van der Waals surface area (Å²) in [4.78, 5) is 0. The Bertz CT molecular complexity index is 404. The van der Waals surface area contributed by atoms with Crippen LogP contribution in [0.4, 0.5) is 0 Å². The monoisotopic (exact) mass is 292 g/mol. The zero-order valence-electron chi connectivity index (χ0n) is 10.6. The minimum atomic E-state index is 1.10.